The predicted molar refractivity (Wildman–Crippen MR) is 167 cm³/mol. The van der Waals surface area contributed by atoms with Crippen LogP contribution in [0.15, 0.2) is 67.0 Å². The van der Waals surface area contributed by atoms with Crippen molar-refractivity contribution < 1.29 is 31.1 Å². The molecule has 0 fully saturated rings. The summed E-state index contributed by atoms with van der Waals surface area (Å²) < 4.78 is 8.09. The molecule has 0 saturated heterocycles. The Kier molecular flexibility index (Phi) is 17.1. The van der Waals surface area contributed by atoms with Gasteiger partial charge in [0.15, 0.2) is 18.9 Å². The van der Waals surface area contributed by atoms with Crippen molar-refractivity contribution in [2.24, 2.45) is 0 Å². The molecule has 0 bridgehead atoms. The molecule has 0 unspecified atom stereocenters. The van der Waals surface area contributed by atoms with Gasteiger partial charge in [0.2, 0.25) is 5.91 Å². The second kappa shape index (κ2) is 20.3. The maximum atomic E-state index is 12.8. The first kappa shape index (κ1) is 34.5. The monoisotopic (exact) mass is 622 g/mol. The Labute approximate surface area is 259 Å². The number of ether oxygens (including phenoxy) is 1. The van der Waals surface area contributed by atoms with Crippen molar-refractivity contribution in [1.82, 2.24) is 0 Å². The number of unbranched alkanes of at least 4 members (excludes halogenated alkanes) is 11. The van der Waals surface area contributed by atoms with E-state index < -0.39 is 0 Å². The number of amides is 1. The topological polar surface area (TPSA) is 42.2 Å². The number of pyridine rings is 1. The van der Waals surface area contributed by atoms with Gasteiger partial charge in [-0.15, -0.1) is 0 Å². The number of hydrogen-bond donors (Lipinski definition) is 1. The molecule has 0 spiro atoms. The molecule has 0 aliphatic heterocycles. The molecule has 0 aliphatic carbocycles. The lowest BCUT2D eigenvalue weighted by molar-refractivity contribution is -0.688. The van der Waals surface area contributed by atoms with E-state index in [0.717, 1.165) is 35.6 Å². The lowest BCUT2D eigenvalue weighted by Gasteiger charge is -2.10. The normalized spacial score (nSPS) is 10.7. The maximum Gasteiger partial charge on any atom is 0.228 e. The molecule has 3 rings (SSSR count). The second-order valence-corrected chi connectivity index (χ2v) is 11.2. The fourth-order valence-corrected chi connectivity index (χ4v) is 5.02. The Morgan fingerprint density at radius 3 is 2.00 bits per heavy atom. The molecular formula is C36H51BrN2O2. The Morgan fingerprint density at radius 2 is 1.37 bits per heavy atom. The van der Waals surface area contributed by atoms with Crippen molar-refractivity contribution in [2.75, 3.05) is 11.9 Å². The molecule has 41 heavy (non-hydrogen) atoms. The van der Waals surface area contributed by atoms with Gasteiger partial charge in [-0.3, -0.25) is 4.79 Å². The minimum atomic E-state index is -0.0114. The number of aryl methyl sites for hydroxylation is 2. The molecule has 4 nitrogen and oxygen atoms in total. The van der Waals surface area contributed by atoms with Crippen LogP contribution in [0.4, 0.5) is 5.69 Å². The minimum absolute atomic E-state index is 0. The zero-order valence-electron chi connectivity index (χ0n) is 25.6. The first-order valence-electron chi connectivity index (χ1n) is 15.6. The van der Waals surface area contributed by atoms with Crippen molar-refractivity contribution in [3.63, 3.8) is 0 Å². The number of aromatic nitrogens is 1. The number of carbonyl (C=O) groups excluding carboxylic acids is 1. The van der Waals surface area contributed by atoms with Gasteiger partial charge in [0.1, 0.15) is 5.75 Å². The van der Waals surface area contributed by atoms with E-state index >= 15 is 0 Å². The van der Waals surface area contributed by atoms with Crippen molar-refractivity contribution in [2.45, 2.75) is 111 Å². The third-order valence-corrected chi connectivity index (χ3v) is 7.70. The Hall–Kier alpha value is -2.66. The highest BCUT2D eigenvalue weighted by Gasteiger charge is 2.12. The summed E-state index contributed by atoms with van der Waals surface area (Å²) in [7, 11) is 0. The number of halogens is 1. The van der Waals surface area contributed by atoms with Gasteiger partial charge in [-0.2, -0.15) is 0 Å². The molecule has 1 aromatic heterocycles. The number of carbonyl (C=O) groups is 1. The summed E-state index contributed by atoms with van der Waals surface area (Å²) in [6.45, 7) is 7.98. The molecule has 224 valence electrons. The maximum absolute atomic E-state index is 12.8. The van der Waals surface area contributed by atoms with Gasteiger partial charge in [-0.25, -0.2) is 4.57 Å². The van der Waals surface area contributed by atoms with Crippen LogP contribution >= 0.6 is 0 Å². The van der Waals surface area contributed by atoms with E-state index in [1.807, 2.05) is 42.5 Å². The second-order valence-electron chi connectivity index (χ2n) is 11.2. The van der Waals surface area contributed by atoms with Crippen LogP contribution in [0.25, 0.3) is 0 Å². The summed E-state index contributed by atoms with van der Waals surface area (Å²) in [5.41, 5.74) is 5.46. The zero-order chi connectivity index (χ0) is 28.4. The SMILES string of the molecule is CCCCCCCCCCCCCCOc1ccc(CC(=O)Nc2ccccc2C[n+]2ccc(C)c(C)c2)cc1.[Br-]. The number of nitrogens with one attached hydrogen (secondary N) is 1. The summed E-state index contributed by atoms with van der Waals surface area (Å²) in [5.74, 6) is 0.866. The number of rotatable bonds is 19. The summed E-state index contributed by atoms with van der Waals surface area (Å²) in [6.07, 6.45) is 20.7. The van der Waals surface area contributed by atoms with E-state index in [-0.39, 0.29) is 22.9 Å². The average Bonchev–Trinajstić information content (AvgIpc) is 2.95. The summed E-state index contributed by atoms with van der Waals surface area (Å²) in [6, 6.07) is 18.1. The molecule has 3 aromatic rings. The Balaban J connectivity index is 0.00000588. The zero-order valence-corrected chi connectivity index (χ0v) is 27.2. The number of hydrogen-bond acceptors (Lipinski definition) is 2. The largest absolute Gasteiger partial charge is 1.00 e. The highest BCUT2D eigenvalue weighted by molar-refractivity contribution is 5.93. The van der Waals surface area contributed by atoms with Gasteiger partial charge in [0.25, 0.3) is 0 Å². The van der Waals surface area contributed by atoms with Gasteiger partial charge >= 0.3 is 0 Å². The Morgan fingerprint density at radius 1 is 0.756 bits per heavy atom. The number of para-hydroxylation sites is 1. The molecular weight excluding hydrogens is 572 g/mol. The van der Waals surface area contributed by atoms with Crippen LogP contribution in [0.5, 0.6) is 5.75 Å². The van der Waals surface area contributed by atoms with E-state index in [2.05, 4.69) is 55.2 Å². The molecule has 1 heterocycles. The number of anilines is 1. The minimum Gasteiger partial charge on any atom is -1.00 e. The first-order chi connectivity index (χ1) is 19.5. The van der Waals surface area contributed by atoms with Crippen molar-refractivity contribution >= 4 is 11.6 Å². The van der Waals surface area contributed by atoms with Gasteiger partial charge in [0.05, 0.1) is 18.7 Å². The van der Waals surface area contributed by atoms with Crippen LogP contribution in [0.1, 0.15) is 106 Å². The Bertz CT molecular complexity index is 1150. The third kappa shape index (κ3) is 13.7. The van der Waals surface area contributed by atoms with Crippen LogP contribution in [-0.4, -0.2) is 12.5 Å². The molecule has 5 heteroatoms. The fraction of sp³-hybridized carbons (Fsp3) is 0.500. The van der Waals surface area contributed by atoms with E-state index in [1.54, 1.807) is 0 Å². The standard InChI is InChI=1S/C36H50N2O2.BrH/c1-4-5-6-7-8-9-10-11-12-13-14-17-26-40-34-22-20-32(21-23-34)27-36(39)37-35-19-16-15-18-33(35)29-38-25-24-30(2)31(3)28-38;/h15-16,18-25,28H,4-14,17,26-27,29H2,1-3H3;1H. The summed E-state index contributed by atoms with van der Waals surface area (Å²) in [4.78, 5) is 12.8. The molecule has 1 amide bonds. The molecule has 2 aromatic carbocycles. The van der Waals surface area contributed by atoms with Crippen LogP contribution in [0.2, 0.25) is 0 Å². The van der Waals surface area contributed by atoms with Gasteiger partial charge in [-0.1, -0.05) is 108 Å². The molecule has 0 atom stereocenters. The van der Waals surface area contributed by atoms with Crippen LogP contribution in [-0.2, 0) is 17.8 Å². The first-order valence-corrected chi connectivity index (χ1v) is 15.6. The quantitative estimate of drug-likeness (QED) is 0.133. The number of nitrogens with zero attached hydrogens (tertiary/aromatic N) is 1. The lowest BCUT2D eigenvalue weighted by atomic mass is 10.1. The fourth-order valence-electron chi connectivity index (χ4n) is 5.02. The highest BCUT2D eigenvalue weighted by atomic mass is 79.9. The highest BCUT2D eigenvalue weighted by Crippen LogP contribution is 2.18. The third-order valence-electron chi connectivity index (χ3n) is 7.70. The average molecular weight is 624 g/mol. The van der Waals surface area contributed by atoms with Crippen LogP contribution in [0, 0.1) is 13.8 Å². The van der Waals surface area contributed by atoms with E-state index in [9.17, 15) is 4.79 Å². The summed E-state index contributed by atoms with van der Waals surface area (Å²) >= 11 is 0. The summed E-state index contributed by atoms with van der Waals surface area (Å²) in [5, 5.41) is 3.12. The molecule has 0 radical (unpaired) electrons. The van der Waals surface area contributed by atoms with Gasteiger partial charge < -0.3 is 27.0 Å². The lowest BCUT2D eigenvalue weighted by Crippen LogP contribution is -3.00. The number of benzene rings is 2. The van der Waals surface area contributed by atoms with E-state index in [0.29, 0.717) is 13.0 Å². The molecule has 0 aliphatic rings. The van der Waals surface area contributed by atoms with E-state index in [1.165, 1.54) is 81.8 Å². The van der Waals surface area contributed by atoms with Gasteiger partial charge in [0, 0.05) is 17.2 Å². The van der Waals surface area contributed by atoms with Gasteiger partial charge in [-0.05, 0) is 49.6 Å². The van der Waals surface area contributed by atoms with Crippen molar-refractivity contribution in [3.8, 4) is 5.75 Å². The predicted octanol–water partition coefficient (Wildman–Crippen LogP) is 5.90. The van der Waals surface area contributed by atoms with Crippen molar-refractivity contribution in [3.05, 3.63) is 89.2 Å². The molecule has 0 saturated carbocycles. The smallest absolute Gasteiger partial charge is 0.228 e. The van der Waals surface area contributed by atoms with E-state index in [4.69, 9.17) is 4.74 Å². The van der Waals surface area contributed by atoms with Crippen LogP contribution < -0.4 is 31.6 Å². The van der Waals surface area contributed by atoms with Crippen LogP contribution in [0.3, 0.4) is 0 Å². The van der Waals surface area contributed by atoms with Crippen molar-refractivity contribution in [1.29, 1.82) is 0 Å². The molecule has 1 N–H and O–H groups in total.